The maximum Gasteiger partial charge on any atom is 0.333 e. The van der Waals surface area contributed by atoms with Gasteiger partial charge in [0.25, 0.3) is 0 Å². The summed E-state index contributed by atoms with van der Waals surface area (Å²) in [5, 5.41) is 25.4. The monoisotopic (exact) mass is 304 g/mol. The number of esters is 2. The lowest BCUT2D eigenvalue weighted by Crippen LogP contribution is -2.22. The summed E-state index contributed by atoms with van der Waals surface area (Å²) in [5.74, 6) is -0.953. The van der Waals surface area contributed by atoms with Crippen LogP contribution in [-0.2, 0) is 19.1 Å². The van der Waals surface area contributed by atoms with E-state index in [0.29, 0.717) is 12.0 Å². The van der Waals surface area contributed by atoms with Gasteiger partial charge in [-0.1, -0.05) is 13.2 Å². The van der Waals surface area contributed by atoms with Gasteiger partial charge in [0.05, 0.1) is 13.2 Å². The van der Waals surface area contributed by atoms with Gasteiger partial charge < -0.3 is 24.8 Å². The van der Waals surface area contributed by atoms with Crippen molar-refractivity contribution >= 4 is 11.9 Å². The van der Waals surface area contributed by atoms with Crippen LogP contribution in [0.3, 0.4) is 0 Å². The first-order valence-electron chi connectivity index (χ1n) is 6.31. The first kappa shape index (κ1) is 21.6. The van der Waals surface area contributed by atoms with E-state index in [2.05, 4.69) is 22.6 Å². The average molecular weight is 304 g/mol. The fourth-order valence-corrected chi connectivity index (χ4v) is 0.700. The van der Waals surface area contributed by atoms with Gasteiger partial charge in [0.1, 0.15) is 12.7 Å². The zero-order valence-corrected chi connectivity index (χ0v) is 12.5. The molecular formula is C14H24O7. The number of ether oxygens (including phenoxy) is 2. The van der Waals surface area contributed by atoms with Gasteiger partial charge in [-0.3, -0.25) is 0 Å². The Hall–Kier alpha value is -1.70. The number of aliphatic hydroxyl groups is 3. The van der Waals surface area contributed by atoms with Crippen molar-refractivity contribution in [1.29, 1.82) is 0 Å². The number of carbonyl (C=O) groups is 2. The third-order valence-electron chi connectivity index (χ3n) is 1.85. The van der Waals surface area contributed by atoms with Crippen LogP contribution >= 0.6 is 0 Å². The molecule has 0 aromatic heterocycles. The number of hydrogen-bond acceptors (Lipinski definition) is 7. The molecule has 0 rings (SSSR count). The van der Waals surface area contributed by atoms with Crippen molar-refractivity contribution in [2.75, 3.05) is 26.4 Å². The molecular weight excluding hydrogens is 280 g/mol. The predicted octanol–water partition coefficient (Wildman–Crippen LogP) is -0.0530. The van der Waals surface area contributed by atoms with Crippen LogP contribution in [0.5, 0.6) is 0 Å². The molecule has 7 nitrogen and oxygen atoms in total. The maximum atomic E-state index is 10.6. The second-order valence-corrected chi connectivity index (χ2v) is 4.21. The van der Waals surface area contributed by atoms with Gasteiger partial charge >= 0.3 is 11.9 Å². The molecule has 0 radical (unpaired) electrons. The minimum atomic E-state index is -1.00. The Morgan fingerprint density at radius 3 is 1.90 bits per heavy atom. The van der Waals surface area contributed by atoms with E-state index < -0.39 is 24.6 Å². The van der Waals surface area contributed by atoms with Crippen molar-refractivity contribution < 1.29 is 34.4 Å². The van der Waals surface area contributed by atoms with Crippen LogP contribution in [-0.4, -0.2) is 59.8 Å². The lowest BCUT2D eigenvalue weighted by atomic mass is 10.3. The Morgan fingerprint density at radius 2 is 1.52 bits per heavy atom. The number of hydrogen-bond donors (Lipinski definition) is 3. The average Bonchev–Trinajstić information content (AvgIpc) is 2.44. The molecule has 0 amide bonds. The Bertz CT molecular complexity index is 349. The summed E-state index contributed by atoms with van der Waals surface area (Å²) >= 11 is 0. The lowest BCUT2D eigenvalue weighted by molar-refractivity contribution is -0.142. The fraction of sp³-hybridized carbons (Fsp3) is 0.571. The van der Waals surface area contributed by atoms with Crippen LogP contribution < -0.4 is 0 Å². The Balaban J connectivity index is 0. The molecule has 0 aliphatic carbocycles. The highest BCUT2D eigenvalue weighted by Crippen LogP contribution is 1.93. The zero-order chi connectivity index (χ0) is 16.8. The van der Waals surface area contributed by atoms with Crippen LogP contribution in [0.2, 0.25) is 0 Å². The van der Waals surface area contributed by atoms with Gasteiger partial charge in [-0.05, 0) is 13.8 Å². The number of carbonyl (C=O) groups excluding carboxylic acids is 2. The quantitative estimate of drug-likeness (QED) is 0.327. The van der Waals surface area contributed by atoms with E-state index in [9.17, 15) is 9.59 Å². The van der Waals surface area contributed by atoms with E-state index in [4.69, 9.17) is 15.3 Å². The SMILES string of the molecule is C=C(C)C(=O)OCC(O)CO.C=C(C)C(=O)OCCCO. The van der Waals surface area contributed by atoms with Crippen LogP contribution in [0.4, 0.5) is 0 Å². The molecule has 3 N–H and O–H groups in total. The van der Waals surface area contributed by atoms with E-state index in [1.807, 2.05) is 0 Å². The minimum absolute atomic E-state index is 0.0451. The summed E-state index contributed by atoms with van der Waals surface area (Å²) < 4.78 is 9.15. The second-order valence-electron chi connectivity index (χ2n) is 4.21. The maximum absolute atomic E-state index is 10.6. The lowest BCUT2D eigenvalue weighted by Gasteiger charge is -2.07. The predicted molar refractivity (Wildman–Crippen MR) is 76.3 cm³/mol. The van der Waals surface area contributed by atoms with Crippen molar-refractivity contribution in [2.45, 2.75) is 26.4 Å². The van der Waals surface area contributed by atoms with E-state index in [1.54, 1.807) is 6.92 Å². The molecule has 0 saturated carbocycles. The highest BCUT2D eigenvalue weighted by atomic mass is 16.5. The molecule has 0 aromatic carbocycles. The summed E-state index contributed by atoms with van der Waals surface area (Å²) in [6.45, 7) is 9.53. The van der Waals surface area contributed by atoms with E-state index in [0.717, 1.165) is 0 Å². The van der Waals surface area contributed by atoms with Crippen molar-refractivity contribution in [1.82, 2.24) is 0 Å². The Labute approximate surface area is 124 Å². The van der Waals surface area contributed by atoms with Crippen molar-refractivity contribution in [3.05, 3.63) is 24.3 Å². The highest BCUT2D eigenvalue weighted by molar-refractivity contribution is 5.87. The molecule has 1 unspecified atom stereocenters. The van der Waals surface area contributed by atoms with Crippen LogP contribution in [0.1, 0.15) is 20.3 Å². The molecule has 0 aromatic rings. The molecule has 0 aliphatic rings. The number of rotatable bonds is 8. The molecule has 0 bridgehead atoms. The van der Waals surface area contributed by atoms with Crippen LogP contribution in [0, 0.1) is 0 Å². The first-order chi connectivity index (χ1) is 9.76. The van der Waals surface area contributed by atoms with Gasteiger partial charge in [0, 0.05) is 24.2 Å². The Kier molecular flexibility index (Phi) is 13.7. The molecule has 1 atom stereocenters. The molecule has 0 aliphatic heterocycles. The molecule has 0 fully saturated rings. The first-order valence-corrected chi connectivity index (χ1v) is 6.31. The summed E-state index contributed by atoms with van der Waals surface area (Å²) in [5.41, 5.74) is 0.660. The zero-order valence-electron chi connectivity index (χ0n) is 12.5. The molecule has 0 spiro atoms. The third kappa shape index (κ3) is 14.5. The highest BCUT2D eigenvalue weighted by Gasteiger charge is 2.07. The van der Waals surface area contributed by atoms with Gasteiger partial charge in [-0.2, -0.15) is 0 Å². The standard InChI is InChI=1S/C7H12O4.C7H12O3/c1-5(2)7(10)11-4-6(9)3-8;1-6(2)7(9)10-5-3-4-8/h6,8-9H,1,3-4H2,2H3;8H,1,3-5H2,2H3. The second kappa shape index (κ2) is 13.3. The van der Waals surface area contributed by atoms with Gasteiger partial charge in [0.15, 0.2) is 0 Å². The molecule has 122 valence electrons. The van der Waals surface area contributed by atoms with Crippen molar-refractivity contribution in [2.24, 2.45) is 0 Å². The summed E-state index contributed by atoms with van der Waals surface area (Å²) in [4.78, 5) is 21.3. The summed E-state index contributed by atoms with van der Waals surface area (Å²) in [6.07, 6.45) is -0.516. The molecule has 21 heavy (non-hydrogen) atoms. The van der Waals surface area contributed by atoms with Gasteiger partial charge in [0.2, 0.25) is 0 Å². The summed E-state index contributed by atoms with van der Waals surface area (Å²) in [7, 11) is 0. The van der Waals surface area contributed by atoms with Gasteiger partial charge in [-0.15, -0.1) is 0 Å². The molecule has 0 heterocycles. The van der Waals surface area contributed by atoms with Crippen LogP contribution in [0.25, 0.3) is 0 Å². The van der Waals surface area contributed by atoms with E-state index >= 15 is 0 Å². The largest absolute Gasteiger partial charge is 0.462 e. The fourth-order valence-electron chi connectivity index (χ4n) is 0.700. The Morgan fingerprint density at radius 1 is 1.05 bits per heavy atom. The van der Waals surface area contributed by atoms with Crippen molar-refractivity contribution in [3.8, 4) is 0 Å². The summed E-state index contributed by atoms with van der Waals surface area (Å²) in [6, 6.07) is 0. The van der Waals surface area contributed by atoms with Gasteiger partial charge in [-0.25, -0.2) is 9.59 Å². The topological polar surface area (TPSA) is 113 Å². The smallest absolute Gasteiger partial charge is 0.333 e. The van der Waals surface area contributed by atoms with E-state index in [-0.39, 0.29) is 25.4 Å². The van der Waals surface area contributed by atoms with E-state index in [1.165, 1.54) is 6.92 Å². The normalized spacial score (nSPS) is 10.7. The molecule has 0 saturated heterocycles. The van der Waals surface area contributed by atoms with Crippen molar-refractivity contribution in [3.63, 3.8) is 0 Å². The molecule has 7 heteroatoms. The number of aliphatic hydroxyl groups excluding tert-OH is 3. The third-order valence-corrected chi connectivity index (χ3v) is 1.85. The minimum Gasteiger partial charge on any atom is -0.462 e. The van der Waals surface area contributed by atoms with Crippen LogP contribution in [0.15, 0.2) is 24.3 Å².